The van der Waals surface area contributed by atoms with E-state index >= 15 is 0 Å². The first-order valence-electron chi connectivity index (χ1n) is 5.62. The molecular weight excluding hydrogens is 262 g/mol. The van der Waals surface area contributed by atoms with Gasteiger partial charge in [0.2, 0.25) is 0 Å². The first-order chi connectivity index (χ1) is 9.15. The number of nitrogens with zero attached hydrogens (tertiary/aromatic N) is 4. The molecular formula is C12H11N5OS. The van der Waals surface area contributed by atoms with E-state index in [9.17, 15) is 0 Å². The summed E-state index contributed by atoms with van der Waals surface area (Å²) in [6.07, 6.45) is 1.60. The fourth-order valence-corrected chi connectivity index (χ4v) is 2.49. The van der Waals surface area contributed by atoms with Crippen LogP contribution in [0.15, 0.2) is 22.1 Å². The molecule has 0 saturated carbocycles. The molecule has 0 atom stereocenters. The van der Waals surface area contributed by atoms with Gasteiger partial charge in [-0.2, -0.15) is 0 Å². The molecule has 0 bridgehead atoms. The highest BCUT2D eigenvalue weighted by atomic mass is 32.1. The van der Waals surface area contributed by atoms with Crippen LogP contribution in [0.3, 0.4) is 0 Å². The lowest BCUT2D eigenvalue weighted by atomic mass is 10.3. The molecule has 0 radical (unpaired) electrons. The smallest absolute Gasteiger partial charge is 0.270 e. The fraction of sp³-hybridized carbons (Fsp3) is 0.167. The van der Waals surface area contributed by atoms with E-state index in [-0.39, 0.29) is 11.7 Å². The van der Waals surface area contributed by atoms with Crippen LogP contribution in [0.4, 0.5) is 5.82 Å². The van der Waals surface area contributed by atoms with Crippen molar-refractivity contribution in [2.45, 2.75) is 13.8 Å². The Bertz CT molecular complexity index is 733. The predicted molar refractivity (Wildman–Crippen MR) is 72.5 cm³/mol. The zero-order valence-electron chi connectivity index (χ0n) is 10.4. The molecule has 0 amide bonds. The molecule has 0 aromatic carbocycles. The van der Waals surface area contributed by atoms with Crippen molar-refractivity contribution in [2.75, 3.05) is 5.73 Å². The van der Waals surface area contributed by atoms with Crippen LogP contribution in [0, 0.1) is 13.8 Å². The number of aromatic nitrogens is 4. The van der Waals surface area contributed by atoms with Crippen LogP contribution in [0.5, 0.6) is 0 Å². The zero-order chi connectivity index (χ0) is 13.4. The normalized spacial score (nSPS) is 10.8. The average molecular weight is 273 g/mol. The summed E-state index contributed by atoms with van der Waals surface area (Å²) in [4.78, 5) is 9.27. The Kier molecular flexibility index (Phi) is 2.75. The largest absolute Gasteiger partial charge is 0.414 e. The molecule has 3 rings (SSSR count). The minimum absolute atomic E-state index is 0.281. The van der Waals surface area contributed by atoms with E-state index in [1.54, 1.807) is 17.5 Å². The van der Waals surface area contributed by atoms with E-state index in [1.165, 1.54) is 0 Å². The number of thiophene rings is 1. The molecule has 6 nitrogen and oxygen atoms in total. The summed E-state index contributed by atoms with van der Waals surface area (Å²) >= 11 is 1.55. The summed E-state index contributed by atoms with van der Waals surface area (Å²) in [7, 11) is 0. The molecule has 0 unspecified atom stereocenters. The van der Waals surface area contributed by atoms with Crippen LogP contribution < -0.4 is 5.73 Å². The molecule has 2 N–H and O–H groups in total. The van der Waals surface area contributed by atoms with Gasteiger partial charge in [-0.3, -0.25) is 0 Å². The third kappa shape index (κ3) is 2.08. The molecule has 3 aromatic heterocycles. The number of hydrogen-bond donors (Lipinski definition) is 1. The second-order valence-corrected chi connectivity index (χ2v) is 5.01. The van der Waals surface area contributed by atoms with Gasteiger partial charge in [0.15, 0.2) is 11.5 Å². The first kappa shape index (κ1) is 11.8. The molecule has 3 heterocycles. The van der Waals surface area contributed by atoms with Gasteiger partial charge in [0.1, 0.15) is 0 Å². The van der Waals surface area contributed by atoms with Crippen molar-refractivity contribution < 1.29 is 4.42 Å². The Morgan fingerprint density at radius 2 is 2.00 bits per heavy atom. The number of rotatable bonds is 2. The number of anilines is 1. The summed E-state index contributed by atoms with van der Waals surface area (Å²) in [5, 5.41) is 10.0. The molecule has 0 fully saturated rings. The van der Waals surface area contributed by atoms with Crippen LogP contribution in [0.25, 0.3) is 22.4 Å². The quantitative estimate of drug-likeness (QED) is 0.771. The van der Waals surface area contributed by atoms with Gasteiger partial charge in [-0.25, -0.2) is 9.97 Å². The van der Waals surface area contributed by atoms with Crippen molar-refractivity contribution in [3.8, 4) is 22.4 Å². The third-order valence-corrected chi connectivity index (χ3v) is 3.61. The molecule has 7 heteroatoms. The van der Waals surface area contributed by atoms with E-state index in [1.807, 2.05) is 25.3 Å². The summed E-state index contributed by atoms with van der Waals surface area (Å²) in [5.74, 6) is 1.05. The maximum absolute atomic E-state index is 5.78. The first-order valence-corrected chi connectivity index (χ1v) is 6.50. The van der Waals surface area contributed by atoms with E-state index in [4.69, 9.17) is 10.2 Å². The van der Waals surface area contributed by atoms with Crippen LogP contribution in [0.1, 0.15) is 11.3 Å². The highest BCUT2D eigenvalue weighted by molar-refractivity contribution is 7.13. The SMILES string of the molecule is Cc1cnc(N)c(-c2nnc(-c3sccc3C)o2)n1. The van der Waals surface area contributed by atoms with E-state index in [0.29, 0.717) is 11.6 Å². The molecule has 0 aliphatic heterocycles. The summed E-state index contributed by atoms with van der Waals surface area (Å²) < 4.78 is 5.64. The molecule has 3 aromatic rings. The highest BCUT2D eigenvalue weighted by Gasteiger charge is 2.17. The van der Waals surface area contributed by atoms with Gasteiger partial charge in [-0.1, -0.05) is 0 Å². The monoisotopic (exact) mass is 273 g/mol. The van der Waals surface area contributed by atoms with Crippen LogP contribution in [0.2, 0.25) is 0 Å². The number of nitrogens with two attached hydrogens (primary N) is 1. The van der Waals surface area contributed by atoms with Crippen molar-refractivity contribution in [1.29, 1.82) is 0 Å². The second-order valence-electron chi connectivity index (χ2n) is 4.09. The zero-order valence-corrected chi connectivity index (χ0v) is 11.2. The lowest BCUT2D eigenvalue weighted by Gasteiger charge is -1.99. The van der Waals surface area contributed by atoms with Gasteiger partial charge in [-0.15, -0.1) is 21.5 Å². The van der Waals surface area contributed by atoms with E-state index < -0.39 is 0 Å². The minimum atomic E-state index is 0.281. The van der Waals surface area contributed by atoms with Gasteiger partial charge < -0.3 is 10.2 Å². The second kappa shape index (κ2) is 4.43. The number of nitrogen functional groups attached to an aromatic ring is 1. The predicted octanol–water partition coefficient (Wildman–Crippen LogP) is 2.45. The van der Waals surface area contributed by atoms with Crippen LogP contribution in [-0.4, -0.2) is 20.2 Å². The van der Waals surface area contributed by atoms with Gasteiger partial charge >= 0.3 is 0 Å². The Morgan fingerprint density at radius 1 is 1.21 bits per heavy atom. The molecule has 0 spiro atoms. The summed E-state index contributed by atoms with van der Waals surface area (Å²) in [6, 6.07) is 2.00. The molecule has 0 aliphatic carbocycles. The van der Waals surface area contributed by atoms with E-state index in [0.717, 1.165) is 16.1 Å². The molecule has 0 aliphatic rings. The summed E-state index contributed by atoms with van der Waals surface area (Å²) in [5.41, 5.74) is 8.05. The lowest BCUT2D eigenvalue weighted by molar-refractivity contribution is 0.583. The van der Waals surface area contributed by atoms with Crippen molar-refractivity contribution >= 4 is 17.2 Å². The van der Waals surface area contributed by atoms with Gasteiger partial charge in [0.25, 0.3) is 11.8 Å². The average Bonchev–Trinajstić information content (AvgIpc) is 3.00. The lowest BCUT2D eigenvalue weighted by Crippen LogP contribution is -1.98. The third-order valence-electron chi connectivity index (χ3n) is 2.61. The van der Waals surface area contributed by atoms with Crippen molar-refractivity contribution in [1.82, 2.24) is 20.2 Å². The number of hydrogen-bond acceptors (Lipinski definition) is 7. The fourth-order valence-electron chi connectivity index (χ4n) is 1.65. The Labute approximate surface area is 113 Å². The minimum Gasteiger partial charge on any atom is -0.414 e. The Balaban J connectivity index is 2.06. The molecule has 96 valence electrons. The van der Waals surface area contributed by atoms with Crippen LogP contribution in [-0.2, 0) is 0 Å². The van der Waals surface area contributed by atoms with Gasteiger partial charge in [0, 0.05) is 0 Å². The van der Waals surface area contributed by atoms with Gasteiger partial charge in [-0.05, 0) is 30.9 Å². The van der Waals surface area contributed by atoms with Crippen molar-refractivity contribution in [3.63, 3.8) is 0 Å². The number of aryl methyl sites for hydroxylation is 2. The maximum atomic E-state index is 5.78. The van der Waals surface area contributed by atoms with Crippen LogP contribution >= 0.6 is 11.3 Å². The summed E-state index contributed by atoms with van der Waals surface area (Å²) in [6.45, 7) is 3.83. The maximum Gasteiger partial charge on any atom is 0.270 e. The Morgan fingerprint density at radius 3 is 2.74 bits per heavy atom. The van der Waals surface area contributed by atoms with Crippen molar-refractivity contribution in [3.05, 3.63) is 28.9 Å². The van der Waals surface area contributed by atoms with E-state index in [2.05, 4.69) is 20.2 Å². The molecule has 0 saturated heterocycles. The van der Waals surface area contributed by atoms with Crippen molar-refractivity contribution in [2.24, 2.45) is 0 Å². The van der Waals surface area contributed by atoms with Gasteiger partial charge in [0.05, 0.1) is 16.8 Å². The highest BCUT2D eigenvalue weighted by Crippen LogP contribution is 2.30. The Hall–Kier alpha value is -2.28. The standard InChI is InChI=1S/C12H11N5OS/c1-6-3-4-19-9(6)12-17-16-11(18-12)8-10(13)14-5-7(2)15-8/h3-5H,1-2H3,(H2,13,14). The molecule has 19 heavy (non-hydrogen) atoms. The topological polar surface area (TPSA) is 90.7 Å².